The summed E-state index contributed by atoms with van der Waals surface area (Å²) in [6.45, 7) is 6.64. The second-order valence-corrected chi connectivity index (χ2v) is 10.8. The summed E-state index contributed by atoms with van der Waals surface area (Å²) in [6, 6.07) is 9.82. The number of ether oxygens (including phenoxy) is 1. The van der Waals surface area contributed by atoms with Crippen LogP contribution in [-0.4, -0.2) is 42.6 Å². The minimum absolute atomic E-state index is 0.173. The summed E-state index contributed by atoms with van der Waals surface area (Å²) in [5.74, 6) is 0.781. The van der Waals surface area contributed by atoms with Crippen molar-refractivity contribution in [1.29, 1.82) is 0 Å². The van der Waals surface area contributed by atoms with Gasteiger partial charge in [0.1, 0.15) is 18.6 Å². The fourth-order valence-electron chi connectivity index (χ4n) is 3.89. The largest absolute Gasteiger partial charge is 0.482 e. The first-order valence-electron chi connectivity index (χ1n) is 10.5. The van der Waals surface area contributed by atoms with Gasteiger partial charge in [-0.2, -0.15) is 4.31 Å². The minimum Gasteiger partial charge on any atom is -0.482 e. The zero-order valence-electron chi connectivity index (χ0n) is 17.9. The van der Waals surface area contributed by atoms with Crippen LogP contribution in [0.15, 0.2) is 57.5 Å². The van der Waals surface area contributed by atoms with Crippen LogP contribution in [0.2, 0.25) is 0 Å². The van der Waals surface area contributed by atoms with E-state index in [2.05, 4.69) is 17.0 Å². The van der Waals surface area contributed by atoms with Gasteiger partial charge in [0.15, 0.2) is 0 Å². The van der Waals surface area contributed by atoms with Gasteiger partial charge in [0.25, 0.3) is 0 Å². The van der Waals surface area contributed by atoms with Crippen LogP contribution in [0.4, 0.5) is 0 Å². The lowest BCUT2D eigenvalue weighted by molar-refractivity contribution is 0.244. The third kappa shape index (κ3) is 4.92. The van der Waals surface area contributed by atoms with Gasteiger partial charge >= 0.3 is 0 Å². The molecule has 4 rings (SSSR count). The molecule has 3 heterocycles. The first kappa shape index (κ1) is 21.8. The summed E-state index contributed by atoms with van der Waals surface area (Å²) in [6.07, 6.45) is 3.83. The monoisotopic (exact) mass is 444 g/mol. The van der Waals surface area contributed by atoms with Gasteiger partial charge in [0, 0.05) is 32.2 Å². The summed E-state index contributed by atoms with van der Waals surface area (Å²) >= 11 is 0. The van der Waals surface area contributed by atoms with Crippen molar-refractivity contribution in [3.8, 4) is 5.75 Å². The molecule has 0 aliphatic carbocycles. The maximum Gasteiger partial charge on any atom is 0.227 e. The molecule has 0 unspecified atom stereocenters. The number of benzene rings is 1. The molecule has 2 aliphatic heterocycles. The molecule has 0 N–H and O–H groups in total. The van der Waals surface area contributed by atoms with Gasteiger partial charge in [-0.1, -0.05) is 30.3 Å². The van der Waals surface area contributed by atoms with Gasteiger partial charge in [-0.25, -0.2) is 8.42 Å². The predicted octanol–water partition coefficient (Wildman–Crippen LogP) is 2.90. The predicted molar refractivity (Wildman–Crippen MR) is 118 cm³/mol. The molecule has 0 spiro atoms. The first-order chi connectivity index (χ1) is 14.8. The molecule has 7 nitrogen and oxygen atoms in total. The van der Waals surface area contributed by atoms with E-state index in [0.29, 0.717) is 31.8 Å². The molecule has 8 heteroatoms. The van der Waals surface area contributed by atoms with Crippen molar-refractivity contribution in [3.05, 3.63) is 75.4 Å². The normalized spacial score (nSPS) is 17.6. The van der Waals surface area contributed by atoms with E-state index >= 15 is 0 Å². The molecule has 1 aromatic carbocycles. The summed E-state index contributed by atoms with van der Waals surface area (Å²) < 4.78 is 37.3. The lowest BCUT2D eigenvalue weighted by atomic mass is 10.1. The summed E-state index contributed by atoms with van der Waals surface area (Å²) in [5.41, 5.74) is 3.39. The number of rotatable bonds is 7. The van der Waals surface area contributed by atoms with Crippen LogP contribution in [0.1, 0.15) is 37.2 Å². The fourth-order valence-corrected chi connectivity index (χ4v) is 5.11. The van der Waals surface area contributed by atoms with E-state index in [1.807, 2.05) is 18.2 Å². The highest BCUT2D eigenvalue weighted by molar-refractivity contribution is 7.89. The Morgan fingerprint density at radius 1 is 1.16 bits per heavy atom. The van der Waals surface area contributed by atoms with E-state index in [-0.39, 0.29) is 17.8 Å². The average molecular weight is 445 g/mol. The van der Waals surface area contributed by atoms with E-state index in [0.717, 1.165) is 18.7 Å². The maximum atomic E-state index is 12.5. The topological polar surface area (TPSA) is 80.1 Å². The molecule has 1 aromatic heterocycles. The molecule has 0 atom stereocenters. The Hall–Kier alpha value is -2.42. The zero-order chi connectivity index (χ0) is 22.0. The third-order valence-corrected chi connectivity index (χ3v) is 8.02. The second-order valence-electron chi connectivity index (χ2n) is 8.34. The number of hydrogen-bond acceptors (Lipinski definition) is 6. The average Bonchev–Trinajstić information content (AvgIpc) is 3.15. The zero-order valence-corrected chi connectivity index (χ0v) is 18.7. The molecule has 0 bridgehead atoms. The van der Waals surface area contributed by atoms with Gasteiger partial charge in [0.05, 0.1) is 11.8 Å². The Morgan fingerprint density at radius 3 is 2.45 bits per heavy atom. The van der Waals surface area contributed by atoms with E-state index in [1.165, 1.54) is 27.8 Å². The van der Waals surface area contributed by atoms with Crippen LogP contribution in [0.25, 0.3) is 0 Å². The summed E-state index contributed by atoms with van der Waals surface area (Å²) in [4.78, 5) is 14.7. The number of sulfonamides is 1. The van der Waals surface area contributed by atoms with E-state index in [4.69, 9.17) is 9.15 Å². The van der Waals surface area contributed by atoms with Crippen LogP contribution in [-0.2, 0) is 29.7 Å². The van der Waals surface area contributed by atoms with Crippen molar-refractivity contribution in [3.63, 3.8) is 0 Å². The molecular weight excluding hydrogens is 416 g/mol. The number of fused-ring (bicyclic) bond motifs is 1. The highest BCUT2D eigenvalue weighted by atomic mass is 32.2. The van der Waals surface area contributed by atoms with Crippen molar-refractivity contribution in [1.82, 2.24) is 9.21 Å². The molecule has 2 aliphatic rings. The van der Waals surface area contributed by atoms with Crippen molar-refractivity contribution >= 4 is 10.0 Å². The highest BCUT2D eigenvalue weighted by Crippen LogP contribution is 2.24. The SMILES string of the molecule is CC(C)S(=O)(=O)N1CC=C(COc2coc(CN3Cc4ccccc4C3)cc2=O)CC1. The Labute approximate surface area is 183 Å². The van der Waals surface area contributed by atoms with Crippen LogP contribution < -0.4 is 10.2 Å². The Kier molecular flexibility index (Phi) is 6.31. The summed E-state index contributed by atoms with van der Waals surface area (Å²) in [7, 11) is -3.25. The van der Waals surface area contributed by atoms with Crippen LogP contribution in [0.5, 0.6) is 5.75 Å². The van der Waals surface area contributed by atoms with Crippen molar-refractivity contribution in [2.24, 2.45) is 0 Å². The van der Waals surface area contributed by atoms with Gasteiger partial charge in [-0.05, 0) is 37.0 Å². The molecule has 166 valence electrons. The van der Waals surface area contributed by atoms with E-state index in [9.17, 15) is 13.2 Å². The number of nitrogens with zero attached hydrogens (tertiary/aromatic N) is 2. The minimum atomic E-state index is -3.25. The second kappa shape index (κ2) is 8.98. The van der Waals surface area contributed by atoms with Crippen LogP contribution in [0, 0.1) is 0 Å². The van der Waals surface area contributed by atoms with Crippen molar-refractivity contribution in [2.45, 2.75) is 45.2 Å². The Morgan fingerprint density at radius 2 is 1.87 bits per heavy atom. The molecule has 0 amide bonds. The van der Waals surface area contributed by atoms with E-state index in [1.54, 1.807) is 13.8 Å². The first-order valence-corrected chi connectivity index (χ1v) is 12.0. The quantitative estimate of drug-likeness (QED) is 0.611. The fraction of sp³-hybridized carbons (Fsp3) is 0.435. The van der Waals surface area contributed by atoms with Gasteiger partial charge in [-0.15, -0.1) is 0 Å². The lowest BCUT2D eigenvalue weighted by Gasteiger charge is -2.27. The van der Waals surface area contributed by atoms with Crippen LogP contribution >= 0.6 is 0 Å². The third-order valence-electron chi connectivity index (χ3n) is 5.77. The van der Waals surface area contributed by atoms with Crippen molar-refractivity contribution < 1.29 is 17.6 Å². The van der Waals surface area contributed by atoms with Crippen LogP contribution in [0.3, 0.4) is 0 Å². The molecule has 0 fully saturated rings. The smallest absolute Gasteiger partial charge is 0.227 e. The molecular formula is C23H28N2O5S. The molecule has 0 saturated carbocycles. The lowest BCUT2D eigenvalue weighted by Crippen LogP contribution is -2.39. The number of hydrogen-bond donors (Lipinski definition) is 0. The van der Waals surface area contributed by atoms with E-state index < -0.39 is 15.3 Å². The molecule has 0 radical (unpaired) electrons. The maximum absolute atomic E-state index is 12.5. The van der Waals surface area contributed by atoms with Gasteiger partial charge < -0.3 is 9.15 Å². The Bertz CT molecular complexity index is 1110. The standard InChI is InChI=1S/C23H28N2O5S/c1-17(2)31(27,28)25-9-7-18(8-10-25)15-30-23-16-29-21(11-22(23)26)14-24-12-19-5-3-4-6-20(19)13-24/h3-7,11,16-17H,8-10,12-15H2,1-2H3. The van der Waals surface area contributed by atoms with Gasteiger partial charge in [-0.3, -0.25) is 9.69 Å². The molecule has 2 aromatic rings. The Balaban J connectivity index is 1.32. The van der Waals surface area contributed by atoms with Gasteiger partial charge in [0.2, 0.25) is 21.2 Å². The summed E-state index contributed by atoms with van der Waals surface area (Å²) in [5, 5.41) is -0.434. The molecule has 0 saturated heterocycles. The van der Waals surface area contributed by atoms with Crippen molar-refractivity contribution in [2.75, 3.05) is 19.7 Å². The molecule has 31 heavy (non-hydrogen) atoms. The highest BCUT2D eigenvalue weighted by Gasteiger charge is 2.27.